The number of carbonyl (C=O) groups is 1. The maximum absolute atomic E-state index is 10.5. The standard InChI is InChI=1S/C9H8N2OS/c1-11-8(4-5-10-11)9-3-2-7(6-12)13-9/h2-6H,1H3. The Morgan fingerprint density at radius 3 is 2.85 bits per heavy atom. The fourth-order valence-electron chi connectivity index (χ4n) is 1.17. The van der Waals surface area contributed by atoms with E-state index in [4.69, 9.17) is 0 Å². The SMILES string of the molecule is Cn1nccc1-c1ccc(C=O)s1. The molecule has 0 N–H and O–H groups in total. The molecule has 2 aromatic rings. The average Bonchev–Trinajstić information content (AvgIpc) is 2.71. The first-order valence-electron chi connectivity index (χ1n) is 3.84. The number of carbonyl (C=O) groups excluding carboxylic acids is 1. The van der Waals surface area contributed by atoms with Gasteiger partial charge in [-0.15, -0.1) is 11.3 Å². The van der Waals surface area contributed by atoms with Crippen molar-refractivity contribution in [2.24, 2.45) is 7.05 Å². The van der Waals surface area contributed by atoms with Crippen molar-refractivity contribution in [3.8, 4) is 10.6 Å². The zero-order valence-electron chi connectivity index (χ0n) is 7.10. The molecule has 0 unspecified atom stereocenters. The van der Waals surface area contributed by atoms with E-state index >= 15 is 0 Å². The van der Waals surface area contributed by atoms with E-state index in [1.165, 1.54) is 11.3 Å². The van der Waals surface area contributed by atoms with Gasteiger partial charge in [-0.2, -0.15) is 5.10 Å². The van der Waals surface area contributed by atoms with Gasteiger partial charge in [-0.05, 0) is 18.2 Å². The molecule has 0 aromatic carbocycles. The van der Waals surface area contributed by atoms with Crippen molar-refractivity contribution in [3.05, 3.63) is 29.3 Å². The predicted molar refractivity (Wildman–Crippen MR) is 51.9 cm³/mol. The molecular formula is C9H8N2OS. The lowest BCUT2D eigenvalue weighted by molar-refractivity contribution is 0.112. The van der Waals surface area contributed by atoms with Crippen LogP contribution in [0.4, 0.5) is 0 Å². The van der Waals surface area contributed by atoms with Crippen LogP contribution < -0.4 is 0 Å². The summed E-state index contributed by atoms with van der Waals surface area (Å²) >= 11 is 1.48. The zero-order chi connectivity index (χ0) is 9.26. The number of aryl methyl sites for hydroxylation is 1. The number of aromatic nitrogens is 2. The van der Waals surface area contributed by atoms with Crippen LogP contribution >= 0.6 is 11.3 Å². The summed E-state index contributed by atoms with van der Waals surface area (Å²) in [6.07, 6.45) is 2.61. The van der Waals surface area contributed by atoms with Crippen LogP contribution in [0, 0.1) is 0 Å². The molecule has 66 valence electrons. The molecule has 0 aliphatic rings. The molecule has 2 aromatic heterocycles. The Hall–Kier alpha value is -1.42. The molecule has 0 aliphatic heterocycles. The lowest BCUT2D eigenvalue weighted by atomic mass is 10.3. The quantitative estimate of drug-likeness (QED) is 0.682. The summed E-state index contributed by atoms with van der Waals surface area (Å²) in [7, 11) is 1.88. The molecule has 0 radical (unpaired) electrons. The van der Waals surface area contributed by atoms with Gasteiger partial charge in [0.05, 0.1) is 15.4 Å². The molecule has 2 heterocycles. The van der Waals surface area contributed by atoms with E-state index < -0.39 is 0 Å². The van der Waals surface area contributed by atoms with Crippen LogP contribution in [0.1, 0.15) is 9.67 Å². The summed E-state index contributed by atoms with van der Waals surface area (Å²) < 4.78 is 1.79. The lowest BCUT2D eigenvalue weighted by Gasteiger charge is -1.95. The van der Waals surface area contributed by atoms with Gasteiger partial charge in [0.2, 0.25) is 0 Å². The van der Waals surface area contributed by atoms with Crippen molar-refractivity contribution in [1.82, 2.24) is 9.78 Å². The minimum absolute atomic E-state index is 0.746. The Bertz CT molecular complexity index is 430. The van der Waals surface area contributed by atoms with Crippen LogP contribution in [0.15, 0.2) is 24.4 Å². The minimum Gasteiger partial charge on any atom is -0.297 e. The largest absolute Gasteiger partial charge is 0.297 e. The first kappa shape index (κ1) is 8.19. The minimum atomic E-state index is 0.746. The first-order valence-corrected chi connectivity index (χ1v) is 4.66. The molecule has 0 spiro atoms. The highest BCUT2D eigenvalue weighted by molar-refractivity contribution is 7.17. The summed E-state index contributed by atoms with van der Waals surface area (Å²) in [4.78, 5) is 12.3. The Morgan fingerprint density at radius 2 is 2.31 bits per heavy atom. The van der Waals surface area contributed by atoms with Crippen LogP contribution in [0.3, 0.4) is 0 Å². The first-order chi connectivity index (χ1) is 6.31. The number of aldehydes is 1. The van der Waals surface area contributed by atoms with Gasteiger partial charge in [-0.25, -0.2) is 0 Å². The van der Waals surface area contributed by atoms with Gasteiger partial charge in [0, 0.05) is 13.2 Å². The van der Waals surface area contributed by atoms with Crippen LogP contribution in [0.25, 0.3) is 10.6 Å². The van der Waals surface area contributed by atoms with E-state index in [0.717, 1.165) is 21.7 Å². The Labute approximate surface area is 79.6 Å². The Balaban J connectivity index is 2.46. The van der Waals surface area contributed by atoms with Gasteiger partial charge in [-0.3, -0.25) is 9.48 Å². The summed E-state index contributed by atoms with van der Waals surface area (Å²) in [5.74, 6) is 0. The molecule has 0 saturated heterocycles. The van der Waals surface area contributed by atoms with Crippen LogP contribution in [0.2, 0.25) is 0 Å². The number of nitrogens with zero attached hydrogens (tertiary/aromatic N) is 2. The van der Waals surface area contributed by atoms with Crippen molar-refractivity contribution in [3.63, 3.8) is 0 Å². The number of rotatable bonds is 2. The Kier molecular flexibility index (Phi) is 1.98. The summed E-state index contributed by atoms with van der Waals surface area (Å²) in [5.41, 5.74) is 1.04. The van der Waals surface area contributed by atoms with Gasteiger partial charge in [0.15, 0.2) is 6.29 Å². The van der Waals surface area contributed by atoms with E-state index in [-0.39, 0.29) is 0 Å². The second-order valence-corrected chi connectivity index (χ2v) is 3.78. The van der Waals surface area contributed by atoms with Gasteiger partial charge < -0.3 is 0 Å². The van der Waals surface area contributed by atoms with Gasteiger partial charge in [-0.1, -0.05) is 0 Å². The van der Waals surface area contributed by atoms with Gasteiger partial charge in [0.25, 0.3) is 0 Å². The molecule has 2 rings (SSSR count). The van der Waals surface area contributed by atoms with Gasteiger partial charge >= 0.3 is 0 Å². The molecule has 0 bridgehead atoms. The van der Waals surface area contributed by atoms with E-state index in [2.05, 4.69) is 5.10 Å². The molecule has 0 atom stereocenters. The molecule has 0 fully saturated rings. The summed E-state index contributed by atoms with van der Waals surface area (Å²) in [6, 6.07) is 5.69. The predicted octanol–water partition coefficient (Wildman–Crippen LogP) is 1.96. The molecular weight excluding hydrogens is 184 g/mol. The number of hydrogen-bond donors (Lipinski definition) is 0. The monoisotopic (exact) mass is 192 g/mol. The third-order valence-corrected chi connectivity index (χ3v) is 2.85. The summed E-state index contributed by atoms with van der Waals surface area (Å²) in [5, 5.41) is 4.06. The molecule has 13 heavy (non-hydrogen) atoms. The highest BCUT2D eigenvalue weighted by Crippen LogP contribution is 2.26. The second kappa shape index (κ2) is 3.14. The number of hydrogen-bond acceptors (Lipinski definition) is 3. The zero-order valence-corrected chi connectivity index (χ0v) is 7.91. The van der Waals surface area contributed by atoms with Crippen LogP contribution in [-0.4, -0.2) is 16.1 Å². The van der Waals surface area contributed by atoms with E-state index in [1.807, 2.05) is 25.2 Å². The van der Waals surface area contributed by atoms with Crippen molar-refractivity contribution in [1.29, 1.82) is 0 Å². The van der Waals surface area contributed by atoms with E-state index in [1.54, 1.807) is 10.9 Å². The highest BCUT2D eigenvalue weighted by atomic mass is 32.1. The topological polar surface area (TPSA) is 34.9 Å². The van der Waals surface area contributed by atoms with Crippen LogP contribution in [-0.2, 0) is 7.05 Å². The highest BCUT2D eigenvalue weighted by Gasteiger charge is 2.04. The van der Waals surface area contributed by atoms with Crippen LogP contribution in [0.5, 0.6) is 0 Å². The lowest BCUT2D eigenvalue weighted by Crippen LogP contribution is -1.90. The summed E-state index contributed by atoms with van der Waals surface area (Å²) in [6.45, 7) is 0. The molecule has 0 aliphatic carbocycles. The van der Waals surface area contributed by atoms with E-state index in [9.17, 15) is 4.79 Å². The number of thiophene rings is 1. The van der Waals surface area contributed by atoms with Gasteiger partial charge in [0.1, 0.15) is 0 Å². The third-order valence-electron chi connectivity index (χ3n) is 1.82. The fourth-order valence-corrected chi connectivity index (χ4v) is 2.05. The normalized spacial score (nSPS) is 10.2. The average molecular weight is 192 g/mol. The van der Waals surface area contributed by atoms with Crippen molar-refractivity contribution in [2.45, 2.75) is 0 Å². The second-order valence-electron chi connectivity index (χ2n) is 2.66. The Morgan fingerprint density at radius 1 is 1.46 bits per heavy atom. The molecule has 3 nitrogen and oxygen atoms in total. The van der Waals surface area contributed by atoms with E-state index in [0.29, 0.717) is 0 Å². The molecule has 4 heteroatoms. The molecule has 0 amide bonds. The third kappa shape index (κ3) is 1.40. The van der Waals surface area contributed by atoms with Crippen molar-refractivity contribution in [2.75, 3.05) is 0 Å². The fraction of sp³-hybridized carbons (Fsp3) is 0.111. The smallest absolute Gasteiger partial charge is 0.160 e. The maximum atomic E-state index is 10.5. The van der Waals surface area contributed by atoms with Crippen molar-refractivity contribution < 1.29 is 4.79 Å². The molecule has 0 saturated carbocycles. The maximum Gasteiger partial charge on any atom is 0.160 e. The van der Waals surface area contributed by atoms with Crippen molar-refractivity contribution >= 4 is 17.6 Å².